The molecule has 1 atom stereocenters. The van der Waals surface area contributed by atoms with E-state index in [9.17, 15) is 0 Å². The lowest BCUT2D eigenvalue weighted by atomic mass is 10.0. The van der Waals surface area contributed by atoms with E-state index in [-0.39, 0.29) is 0 Å². The van der Waals surface area contributed by atoms with Crippen LogP contribution in [0.4, 0.5) is 0 Å². The van der Waals surface area contributed by atoms with Crippen LogP contribution in [0.3, 0.4) is 0 Å². The van der Waals surface area contributed by atoms with Crippen LogP contribution >= 0.6 is 0 Å². The lowest BCUT2D eigenvalue weighted by molar-refractivity contribution is -2.00. The summed E-state index contributed by atoms with van der Waals surface area (Å²) in [6.07, 6.45) is 5.38. The molecule has 1 rings (SSSR count). The van der Waals surface area contributed by atoms with Crippen LogP contribution in [-0.2, 0) is 0 Å². The van der Waals surface area contributed by atoms with Gasteiger partial charge in [0.1, 0.15) is 12.6 Å². The van der Waals surface area contributed by atoms with Crippen LogP contribution in [0.5, 0.6) is 0 Å². The van der Waals surface area contributed by atoms with Crippen molar-refractivity contribution in [1.82, 2.24) is 0 Å². The van der Waals surface area contributed by atoms with E-state index in [1.54, 1.807) is 5.71 Å². The van der Waals surface area contributed by atoms with Crippen LogP contribution in [0.15, 0.2) is 0 Å². The van der Waals surface area contributed by atoms with E-state index in [4.69, 9.17) is 18.6 Å². The van der Waals surface area contributed by atoms with Crippen molar-refractivity contribution in [2.45, 2.75) is 52.5 Å². The Hall–Kier alpha value is -0.200. The molecule has 0 bridgehead atoms. The Balaban J connectivity index is 0.000000385. The summed E-state index contributed by atoms with van der Waals surface area (Å²) in [5, 5.41) is 0. The van der Waals surface area contributed by atoms with Crippen molar-refractivity contribution >= 4 is 5.71 Å². The van der Waals surface area contributed by atoms with Gasteiger partial charge in [-0.25, -0.2) is 23.2 Å². The fourth-order valence-corrected chi connectivity index (χ4v) is 2.13. The third-order valence-corrected chi connectivity index (χ3v) is 2.77. The van der Waals surface area contributed by atoms with Crippen molar-refractivity contribution in [1.29, 1.82) is 0 Å². The molecule has 6 heteroatoms. The molecule has 0 aromatic carbocycles. The highest BCUT2D eigenvalue weighted by Gasteiger charge is 2.23. The predicted octanol–water partition coefficient (Wildman–Crippen LogP) is -2.31. The second kappa shape index (κ2) is 7.19. The molecule has 0 spiro atoms. The van der Waals surface area contributed by atoms with Crippen molar-refractivity contribution in [3.05, 3.63) is 0 Å². The molecule has 1 heterocycles. The summed E-state index contributed by atoms with van der Waals surface area (Å²) in [6, 6.07) is 0.795. The molecule has 1 aliphatic rings. The van der Waals surface area contributed by atoms with Gasteiger partial charge in [0.2, 0.25) is 0 Å². The van der Waals surface area contributed by atoms with Crippen molar-refractivity contribution < 1.29 is 33.5 Å². The second-order valence-electron chi connectivity index (χ2n) is 3.83. The van der Waals surface area contributed by atoms with Gasteiger partial charge in [0.05, 0.1) is 0 Å². The number of nitrogens with zero attached hydrogens (tertiary/aromatic N) is 1. The van der Waals surface area contributed by atoms with Crippen LogP contribution in [-0.4, -0.2) is 22.9 Å². The van der Waals surface area contributed by atoms with E-state index in [0.717, 1.165) is 6.04 Å². The summed E-state index contributed by atoms with van der Waals surface area (Å²) in [6.45, 7) is 8.08. The Morgan fingerprint density at radius 1 is 1.25 bits per heavy atom. The highest BCUT2D eigenvalue weighted by atomic mass is 35.7. The molecular weight excluding hydrogens is 234 g/mol. The summed E-state index contributed by atoms with van der Waals surface area (Å²) in [7, 11) is -4.94. The Bertz CT molecular complexity index is 231. The van der Waals surface area contributed by atoms with Gasteiger partial charge < -0.3 is 0 Å². The Morgan fingerprint density at radius 3 is 2.06 bits per heavy atom. The summed E-state index contributed by atoms with van der Waals surface area (Å²) in [5.74, 6) is 0. The van der Waals surface area contributed by atoms with Gasteiger partial charge in [-0.1, -0.05) is 6.92 Å². The normalized spacial score (nSPS) is 21.6. The molecule has 0 saturated carbocycles. The average molecular weight is 254 g/mol. The highest BCUT2D eigenvalue weighted by molar-refractivity contribution is 5.79. The van der Waals surface area contributed by atoms with Crippen molar-refractivity contribution in [3.8, 4) is 0 Å². The molecule has 1 unspecified atom stereocenters. The lowest BCUT2D eigenvalue weighted by Gasteiger charge is -2.19. The average Bonchev–Trinajstić information content (AvgIpc) is 2.14. The van der Waals surface area contributed by atoms with Crippen LogP contribution in [0.1, 0.15) is 46.5 Å². The topological polar surface area (TPSA) is 95.2 Å². The number of hydrogen-bond acceptors (Lipinski definition) is 4. The molecule has 0 aromatic rings. The van der Waals surface area contributed by atoms with Crippen LogP contribution < -0.4 is 18.6 Å². The van der Waals surface area contributed by atoms with Gasteiger partial charge in [-0.05, 0) is 20.3 Å². The molecule has 16 heavy (non-hydrogen) atoms. The molecule has 1 aliphatic heterocycles. The number of halogens is 1. The largest absolute Gasteiger partial charge is 0.235 e. The third kappa shape index (κ3) is 7.14. The Kier molecular flexibility index (Phi) is 7.10. The minimum atomic E-state index is -4.94. The monoisotopic (exact) mass is 253 g/mol. The standard InChI is InChI=1S/C10H20N.ClHO4/c1-4-10-8-6-7-9(3)11(10)5-2;2-1(3,4)5/h9H,4-8H2,1-3H3;(H,2,3,4,5)/q+1;/p-1. The molecular formula is C10H20ClNO4. The molecule has 0 N–H and O–H groups in total. The maximum Gasteiger partial charge on any atom is 0.152 e. The first-order valence-corrected chi connectivity index (χ1v) is 6.76. The van der Waals surface area contributed by atoms with E-state index in [1.807, 2.05) is 0 Å². The van der Waals surface area contributed by atoms with E-state index < -0.39 is 10.2 Å². The minimum Gasteiger partial charge on any atom is -0.235 e. The zero-order valence-electron chi connectivity index (χ0n) is 10.1. The summed E-state index contributed by atoms with van der Waals surface area (Å²) in [4.78, 5) is 0. The SMILES string of the molecule is CCC1=[N+](CC)C(C)CCC1.[O-][Cl+3]([O-])([O-])[O-]. The van der Waals surface area contributed by atoms with E-state index in [1.165, 1.54) is 32.2 Å². The molecule has 0 saturated heterocycles. The molecule has 96 valence electrons. The van der Waals surface area contributed by atoms with Gasteiger partial charge in [-0.3, -0.25) is 0 Å². The van der Waals surface area contributed by atoms with Gasteiger partial charge in [-0.15, -0.1) is 10.2 Å². The quantitative estimate of drug-likeness (QED) is 0.517. The lowest BCUT2D eigenvalue weighted by Crippen LogP contribution is -2.68. The maximum absolute atomic E-state index is 8.49. The minimum absolute atomic E-state index is 0.795. The molecule has 0 aliphatic carbocycles. The Labute approximate surface area is 98.8 Å². The maximum atomic E-state index is 8.49. The van der Waals surface area contributed by atoms with E-state index in [2.05, 4.69) is 25.3 Å². The van der Waals surface area contributed by atoms with E-state index in [0.29, 0.717) is 0 Å². The van der Waals surface area contributed by atoms with Crippen molar-refractivity contribution in [3.63, 3.8) is 0 Å². The fraction of sp³-hybridized carbons (Fsp3) is 0.900. The van der Waals surface area contributed by atoms with Gasteiger partial charge in [0, 0.05) is 19.3 Å². The van der Waals surface area contributed by atoms with Crippen LogP contribution in [0, 0.1) is 10.2 Å². The first-order chi connectivity index (χ1) is 7.29. The van der Waals surface area contributed by atoms with Gasteiger partial charge in [0.25, 0.3) is 0 Å². The molecule has 0 aromatic heterocycles. The van der Waals surface area contributed by atoms with Gasteiger partial charge in [-0.2, -0.15) is 0 Å². The Morgan fingerprint density at radius 2 is 1.75 bits per heavy atom. The highest BCUT2D eigenvalue weighted by Crippen LogP contribution is 2.14. The third-order valence-electron chi connectivity index (χ3n) is 2.77. The summed E-state index contributed by atoms with van der Waals surface area (Å²) in [5.41, 5.74) is 1.67. The second-order valence-corrected chi connectivity index (χ2v) is 4.58. The number of hydrogen-bond donors (Lipinski definition) is 0. The van der Waals surface area contributed by atoms with Crippen molar-refractivity contribution in [2.24, 2.45) is 0 Å². The molecule has 0 amide bonds. The van der Waals surface area contributed by atoms with Crippen LogP contribution in [0.25, 0.3) is 0 Å². The zero-order valence-corrected chi connectivity index (χ0v) is 10.8. The number of rotatable bonds is 2. The molecule has 5 nitrogen and oxygen atoms in total. The first-order valence-electron chi connectivity index (χ1n) is 5.52. The summed E-state index contributed by atoms with van der Waals surface area (Å²) >= 11 is 0. The fourth-order valence-electron chi connectivity index (χ4n) is 2.13. The molecule has 0 radical (unpaired) electrons. The first kappa shape index (κ1) is 15.8. The zero-order chi connectivity index (χ0) is 12.8. The molecule has 0 fully saturated rings. The summed E-state index contributed by atoms with van der Waals surface area (Å²) < 4.78 is 36.5. The predicted molar refractivity (Wildman–Crippen MR) is 49.4 cm³/mol. The van der Waals surface area contributed by atoms with Gasteiger partial charge >= 0.3 is 0 Å². The van der Waals surface area contributed by atoms with Gasteiger partial charge in [0.15, 0.2) is 5.71 Å². The smallest absolute Gasteiger partial charge is 0.152 e. The van der Waals surface area contributed by atoms with E-state index >= 15 is 0 Å². The van der Waals surface area contributed by atoms with Crippen molar-refractivity contribution in [2.75, 3.05) is 6.54 Å². The van der Waals surface area contributed by atoms with Crippen LogP contribution in [0.2, 0.25) is 0 Å².